The van der Waals surface area contributed by atoms with Gasteiger partial charge in [0.1, 0.15) is 5.76 Å². The number of nitrogens with one attached hydrogen (secondary N) is 1. The Kier molecular flexibility index (Phi) is 5.43. The van der Waals surface area contributed by atoms with E-state index in [1.165, 1.54) is 0 Å². The number of anilines is 1. The maximum absolute atomic E-state index is 12.2. The van der Waals surface area contributed by atoms with Crippen LogP contribution in [0.4, 0.5) is 5.69 Å². The van der Waals surface area contributed by atoms with Crippen LogP contribution in [0.2, 0.25) is 5.02 Å². The molecule has 1 saturated heterocycles. The fraction of sp³-hybridized carbons (Fsp3) is 0.389. The van der Waals surface area contributed by atoms with Crippen molar-refractivity contribution in [2.24, 2.45) is 0 Å². The summed E-state index contributed by atoms with van der Waals surface area (Å²) in [6, 6.07) is 11.5. The summed E-state index contributed by atoms with van der Waals surface area (Å²) in [6.07, 6.45) is 1.62. The van der Waals surface area contributed by atoms with Crippen LogP contribution in [0.1, 0.15) is 18.7 Å². The topological polar surface area (TPSA) is 48.7 Å². The zero-order chi connectivity index (χ0) is 16.9. The maximum Gasteiger partial charge on any atom is 0.234 e. The zero-order valence-electron chi connectivity index (χ0n) is 13.7. The monoisotopic (exact) mass is 347 g/mol. The number of rotatable bonds is 5. The Morgan fingerprint density at radius 2 is 1.96 bits per heavy atom. The number of hydrogen-bond donors (Lipinski definition) is 1. The quantitative estimate of drug-likeness (QED) is 0.903. The van der Waals surface area contributed by atoms with Crippen molar-refractivity contribution in [3.8, 4) is 0 Å². The van der Waals surface area contributed by atoms with Crippen molar-refractivity contribution in [1.82, 2.24) is 10.2 Å². The van der Waals surface area contributed by atoms with E-state index >= 15 is 0 Å². The van der Waals surface area contributed by atoms with E-state index < -0.39 is 0 Å². The molecule has 6 heteroatoms. The third-order valence-electron chi connectivity index (χ3n) is 4.28. The second-order valence-corrected chi connectivity index (χ2v) is 6.43. The minimum Gasteiger partial charge on any atom is -0.467 e. The molecule has 0 saturated carbocycles. The molecule has 0 aliphatic carbocycles. The molecule has 1 fully saturated rings. The van der Waals surface area contributed by atoms with Crippen LogP contribution in [0.15, 0.2) is 47.1 Å². The number of para-hydroxylation sites is 1. The molecule has 1 aromatic heterocycles. The van der Waals surface area contributed by atoms with Gasteiger partial charge in [-0.05, 0) is 31.2 Å². The Morgan fingerprint density at radius 3 is 2.62 bits per heavy atom. The lowest BCUT2D eigenvalue weighted by Gasteiger charge is -2.36. The summed E-state index contributed by atoms with van der Waals surface area (Å²) >= 11 is 6.26. The molecule has 1 aliphatic rings. The van der Waals surface area contributed by atoms with E-state index in [0.717, 1.165) is 42.6 Å². The first kappa shape index (κ1) is 16.9. The number of benzene rings is 1. The van der Waals surface area contributed by atoms with E-state index in [4.69, 9.17) is 16.0 Å². The molecule has 1 aromatic carbocycles. The Morgan fingerprint density at radius 1 is 1.21 bits per heavy atom. The van der Waals surface area contributed by atoms with Gasteiger partial charge in [-0.25, -0.2) is 0 Å². The molecule has 0 spiro atoms. The number of halogens is 1. The van der Waals surface area contributed by atoms with Crippen LogP contribution < -0.4 is 10.2 Å². The van der Waals surface area contributed by atoms with E-state index in [1.807, 2.05) is 43.3 Å². The number of carbonyl (C=O) groups excluding carboxylic acids is 1. The highest BCUT2D eigenvalue weighted by Crippen LogP contribution is 2.25. The minimum absolute atomic E-state index is 0.0186. The van der Waals surface area contributed by atoms with Crippen LogP contribution in [-0.4, -0.2) is 43.5 Å². The van der Waals surface area contributed by atoms with Gasteiger partial charge in [-0.3, -0.25) is 9.69 Å². The Labute approximate surface area is 147 Å². The standard InChI is InChI=1S/C18H22ClN3O2/c1-14(17-7-4-12-24-17)20-18(23)13-21-8-10-22(11-9-21)16-6-3-2-5-15(16)19/h2-7,12,14H,8-11,13H2,1H3,(H,20,23)/t14-/m1/s1. The highest BCUT2D eigenvalue weighted by Gasteiger charge is 2.21. The molecule has 0 radical (unpaired) electrons. The molecule has 0 unspecified atom stereocenters. The van der Waals surface area contributed by atoms with Gasteiger partial charge in [-0.15, -0.1) is 0 Å². The van der Waals surface area contributed by atoms with E-state index in [0.29, 0.717) is 6.54 Å². The Balaban J connectivity index is 1.47. The highest BCUT2D eigenvalue weighted by atomic mass is 35.5. The molecular weight excluding hydrogens is 326 g/mol. The summed E-state index contributed by atoms with van der Waals surface area (Å²) in [4.78, 5) is 16.6. The largest absolute Gasteiger partial charge is 0.467 e. The van der Waals surface area contributed by atoms with Gasteiger partial charge in [0.25, 0.3) is 0 Å². The first-order valence-corrected chi connectivity index (χ1v) is 8.56. The van der Waals surface area contributed by atoms with Crippen LogP contribution in [0.3, 0.4) is 0 Å². The lowest BCUT2D eigenvalue weighted by atomic mass is 10.2. The second kappa shape index (κ2) is 7.73. The molecule has 1 aliphatic heterocycles. The lowest BCUT2D eigenvalue weighted by Crippen LogP contribution is -2.49. The first-order valence-electron chi connectivity index (χ1n) is 8.18. The Hall–Kier alpha value is -1.98. The molecule has 24 heavy (non-hydrogen) atoms. The molecule has 1 atom stereocenters. The first-order chi connectivity index (χ1) is 11.6. The molecule has 128 valence electrons. The summed E-state index contributed by atoms with van der Waals surface area (Å²) in [5, 5.41) is 3.75. The van der Waals surface area contributed by atoms with E-state index in [-0.39, 0.29) is 11.9 Å². The summed E-state index contributed by atoms with van der Waals surface area (Å²) in [7, 11) is 0. The summed E-state index contributed by atoms with van der Waals surface area (Å²) in [5.74, 6) is 0.789. The van der Waals surface area contributed by atoms with Crippen LogP contribution in [-0.2, 0) is 4.79 Å². The molecule has 1 amide bonds. The van der Waals surface area contributed by atoms with Gasteiger partial charge in [-0.1, -0.05) is 23.7 Å². The van der Waals surface area contributed by atoms with Gasteiger partial charge in [-0.2, -0.15) is 0 Å². The predicted molar refractivity (Wildman–Crippen MR) is 95.4 cm³/mol. The SMILES string of the molecule is C[C@@H](NC(=O)CN1CCN(c2ccccc2Cl)CC1)c1ccco1. The van der Waals surface area contributed by atoms with Crippen LogP contribution >= 0.6 is 11.6 Å². The van der Waals surface area contributed by atoms with Gasteiger partial charge in [0, 0.05) is 26.2 Å². The van der Waals surface area contributed by atoms with E-state index in [2.05, 4.69) is 15.1 Å². The minimum atomic E-state index is -0.114. The van der Waals surface area contributed by atoms with Crippen molar-refractivity contribution < 1.29 is 9.21 Å². The molecule has 2 heterocycles. The van der Waals surface area contributed by atoms with Crippen molar-refractivity contribution in [2.75, 3.05) is 37.6 Å². The molecular formula is C18H22ClN3O2. The number of furan rings is 1. The van der Waals surface area contributed by atoms with Crippen molar-refractivity contribution in [3.63, 3.8) is 0 Å². The molecule has 0 bridgehead atoms. The average molecular weight is 348 g/mol. The number of piperazine rings is 1. The summed E-state index contributed by atoms with van der Waals surface area (Å²) in [6.45, 7) is 5.74. The van der Waals surface area contributed by atoms with Gasteiger partial charge < -0.3 is 14.6 Å². The Bertz CT molecular complexity index is 667. The predicted octanol–water partition coefficient (Wildman–Crippen LogP) is 2.93. The molecule has 5 nitrogen and oxygen atoms in total. The highest BCUT2D eigenvalue weighted by molar-refractivity contribution is 6.33. The maximum atomic E-state index is 12.2. The van der Waals surface area contributed by atoms with Crippen molar-refractivity contribution in [2.45, 2.75) is 13.0 Å². The fourth-order valence-corrected chi connectivity index (χ4v) is 3.21. The van der Waals surface area contributed by atoms with E-state index in [9.17, 15) is 4.79 Å². The normalized spacial score (nSPS) is 16.8. The van der Waals surface area contributed by atoms with Gasteiger partial charge >= 0.3 is 0 Å². The number of hydrogen-bond acceptors (Lipinski definition) is 4. The van der Waals surface area contributed by atoms with Gasteiger partial charge in [0.15, 0.2) is 0 Å². The van der Waals surface area contributed by atoms with Crippen molar-refractivity contribution in [3.05, 3.63) is 53.4 Å². The number of carbonyl (C=O) groups is 1. The average Bonchev–Trinajstić information content (AvgIpc) is 3.11. The summed E-state index contributed by atoms with van der Waals surface area (Å²) < 4.78 is 5.31. The fourth-order valence-electron chi connectivity index (χ4n) is 2.95. The van der Waals surface area contributed by atoms with Crippen LogP contribution in [0, 0.1) is 0 Å². The second-order valence-electron chi connectivity index (χ2n) is 6.02. The van der Waals surface area contributed by atoms with E-state index in [1.54, 1.807) is 6.26 Å². The third-order valence-corrected chi connectivity index (χ3v) is 4.60. The molecule has 3 rings (SSSR count). The van der Waals surface area contributed by atoms with Crippen molar-refractivity contribution in [1.29, 1.82) is 0 Å². The van der Waals surface area contributed by atoms with Crippen LogP contribution in [0.5, 0.6) is 0 Å². The smallest absolute Gasteiger partial charge is 0.234 e. The third kappa shape index (κ3) is 4.10. The van der Waals surface area contributed by atoms with Gasteiger partial charge in [0.2, 0.25) is 5.91 Å². The number of amides is 1. The number of nitrogens with zero attached hydrogens (tertiary/aromatic N) is 2. The van der Waals surface area contributed by atoms with Crippen molar-refractivity contribution >= 4 is 23.2 Å². The summed E-state index contributed by atoms with van der Waals surface area (Å²) in [5.41, 5.74) is 1.06. The zero-order valence-corrected chi connectivity index (χ0v) is 14.5. The molecule has 2 aromatic rings. The van der Waals surface area contributed by atoms with Crippen LogP contribution in [0.25, 0.3) is 0 Å². The van der Waals surface area contributed by atoms with Gasteiger partial charge in [0.05, 0.1) is 29.6 Å². The lowest BCUT2D eigenvalue weighted by molar-refractivity contribution is -0.123. The molecule has 1 N–H and O–H groups in total.